The zero-order valence-corrected chi connectivity index (χ0v) is 15.3. The fourth-order valence-electron chi connectivity index (χ4n) is 2.43. The van der Waals surface area contributed by atoms with Gasteiger partial charge < -0.3 is 10.1 Å². The van der Waals surface area contributed by atoms with Gasteiger partial charge in [0.2, 0.25) is 0 Å². The van der Waals surface area contributed by atoms with Gasteiger partial charge >= 0.3 is 16.2 Å². The van der Waals surface area contributed by atoms with E-state index in [1.54, 1.807) is 19.1 Å². The molecule has 1 N–H and O–H groups in total. The van der Waals surface area contributed by atoms with Gasteiger partial charge in [0.05, 0.1) is 11.4 Å². The van der Waals surface area contributed by atoms with Crippen molar-refractivity contribution in [2.45, 2.75) is 33.3 Å². The first-order chi connectivity index (χ1) is 10.9. The molecular weight excluding hydrogens is 334 g/mol. The number of esters is 1. The van der Waals surface area contributed by atoms with Crippen LogP contribution in [0.1, 0.15) is 26.3 Å². The number of amides is 1. The third-order valence-electron chi connectivity index (χ3n) is 3.89. The summed E-state index contributed by atoms with van der Waals surface area (Å²) in [5.74, 6) is -1.06. The second-order valence-corrected chi connectivity index (χ2v) is 8.15. The number of aryl methyl sites for hydroxylation is 1. The quantitative estimate of drug-likeness (QED) is 0.827. The van der Waals surface area contributed by atoms with E-state index in [1.165, 1.54) is 39.2 Å². The molecule has 0 saturated carbocycles. The molecule has 0 fully saturated rings. The van der Waals surface area contributed by atoms with Gasteiger partial charge in [-0.15, -0.1) is 0 Å². The number of ether oxygens (including phenoxy) is 1. The minimum absolute atomic E-state index is 0.455. The molecule has 1 amide bonds. The number of fused-ring (bicyclic) bond motifs is 1. The maximum absolute atomic E-state index is 12.4. The maximum atomic E-state index is 12.4. The van der Waals surface area contributed by atoms with Crippen molar-refractivity contribution in [1.82, 2.24) is 0 Å². The van der Waals surface area contributed by atoms with Crippen molar-refractivity contribution < 1.29 is 22.7 Å². The van der Waals surface area contributed by atoms with Crippen LogP contribution in [0.2, 0.25) is 0 Å². The standard InChI is InChI=1S/C15H21N3O5S/c1-9-7-12-13(18(6)24(21,22)17(12)5)8-11(9)16-14(20)15(3,4)23-10(2)19/h7-8H,1-6H3,(H,16,20). The van der Waals surface area contributed by atoms with E-state index in [0.29, 0.717) is 22.6 Å². The van der Waals surface area contributed by atoms with Crippen molar-refractivity contribution in [3.8, 4) is 0 Å². The van der Waals surface area contributed by atoms with Crippen LogP contribution in [0.4, 0.5) is 17.1 Å². The number of nitrogens with zero attached hydrogens (tertiary/aromatic N) is 2. The molecule has 9 heteroatoms. The van der Waals surface area contributed by atoms with Crippen LogP contribution in [0.5, 0.6) is 0 Å². The number of nitrogens with one attached hydrogen (secondary N) is 1. The van der Waals surface area contributed by atoms with E-state index in [9.17, 15) is 18.0 Å². The molecule has 1 aromatic rings. The third-order valence-corrected chi connectivity index (χ3v) is 5.66. The number of carbonyl (C=O) groups is 2. The Morgan fingerprint density at radius 3 is 2.12 bits per heavy atom. The van der Waals surface area contributed by atoms with Crippen LogP contribution in [-0.4, -0.2) is 40.0 Å². The molecule has 0 spiro atoms. The molecule has 0 aromatic heterocycles. The van der Waals surface area contributed by atoms with E-state index in [0.717, 1.165) is 4.31 Å². The topological polar surface area (TPSA) is 96.0 Å². The largest absolute Gasteiger partial charge is 0.450 e. The zero-order chi connectivity index (χ0) is 18.4. The summed E-state index contributed by atoms with van der Waals surface area (Å²) in [6.45, 7) is 5.95. The maximum Gasteiger partial charge on any atom is 0.326 e. The number of benzene rings is 1. The molecule has 0 saturated heterocycles. The van der Waals surface area contributed by atoms with Crippen molar-refractivity contribution in [3.63, 3.8) is 0 Å². The Hall–Kier alpha value is -2.29. The molecule has 1 aromatic carbocycles. The second-order valence-electron chi connectivity index (χ2n) is 6.16. The number of rotatable bonds is 3. The van der Waals surface area contributed by atoms with Crippen LogP contribution in [0.25, 0.3) is 0 Å². The van der Waals surface area contributed by atoms with Crippen molar-refractivity contribution in [2.75, 3.05) is 28.0 Å². The lowest BCUT2D eigenvalue weighted by molar-refractivity contribution is -0.160. The van der Waals surface area contributed by atoms with E-state index in [4.69, 9.17) is 4.74 Å². The molecule has 1 aliphatic rings. The molecule has 1 heterocycles. The van der Waals surface area contributed by atoms with E-state index in [1.807, 2.05) is 0 Å². The molecule has 2 rings (SSSR count). The summed E-state index contributed by atoms with van der Waals surface area (Å²) in [6.07, 6.45) is 0. The molecule has 8 nitrogen and oxygen atoms in total. The van der Waals surface area contributed by atoms with Crippen LogP contribution in [0, 0.1) is 6.92 Å². The van der Waals surface area contributed by atoms with Crippen molar-refractivity contribution in [1.29, 1.82) is 0 Å². The number of anilines is 3. The summed E-state index contributed by atoms with van der Waals surface area (Å²) in [6, 6.07) is 3.28. The first kappa shape index (κ1) is 18.1. The highest BCUT2D eigenvalue weighted by molar-refractivity contribution is 7.94. The summed E-state index contributed by atoms with van der Waals surface area (Å²) in [5.41, 5.74) is 0.803. The minimum Gasteiger partial charge on any atom is -0.450 e. The zero-order valence-electron chi connectivity index (χ0n) is 14.5. The normalized spacial score (nSPS) is 15.9. The highest BCUT2D eigenvalue weighted by Crippen LogP contribution is 2.42. The average Bonchev–Trinajstić information content (AvgIpc) is 2.60. The molecule has 0 bridgehead atoms. The second kappa shape index (κ2) is 5.66. The molecule has 0 atom stereocenters. The predicted molar refractivity (Wildman–Crippen MR) is 91.4 cm³/mol. The molecular formula is C15H21N3O5S. The summed E-state index contributed by atoms with van der Waals surface area (Å²) in [4.78, 5) is 23.5. The minimum atomic E-state index is -3.58. The van der Waals surface area contributed by atoms with Crippen LogP contribution in [0.3, 0.4) is 0 Å². The summed E-state index contributed by atoms with van der Waals surface area (Å²) in [5, 5.41) is 2.69. The van der Waals surface area contributed by atoms with Crippen LogP contribution < -0.4 is 13.9 Å². The average molecular weight is 355 g/mol. The molecule has 132 valence electrons. The van der Waals surface area contributed by atoms with Gasteiger partial charge in [-0.3, -0.25) is 18.2 Å². The van der Waals surface area contributed by atoms with Gasteiger partial charge in [-0.1, -0.05) is 0 Å². The fraction of sp³-hybridized carbons (Fsp3) is 0.467. The van der Waals surface area contributed by atoms with E-state index < -0.39 is 27.7 Å². The van der Waals surface area contributed by atoms with Crippen molar-refractivity contribution >= 4 is 39.1 Å². The Balaban J connectivity index is 2.37. The first-order valence-corrected chi connectivity index (χ1v) is 8.66. The Labute approximate surface area is 141 Å². The molecule has 1 aliphatic heterocycles. The van der Waals surface area contributed by atoms with Gasteiger partial charge in [0.25, 0.3) is 5.91 Å². The van der Waals surface area contributed by atoms with Crippen molar-refractivity contribution in [2.24, 2.45) is 0 Å². The molecule has 0 aliphatic carbocycles. The third kappa shape index (κ3) is 2.91. The lowest BCUT2D eigenvalue weighted by Gasteiger charge is -2.24. The molecule has 24 heavy (non-hydrogen) atoms. The Morgan fingerprint density at radius 1 is 1.12 bits per heavy atom. The first-order valence-electron chi connectivity index (χ1n) is 7.26. The molecule has 0 unspecified atom stereocenters. The highest BCUT2D eigenvalue weighted by atomic mass is 32.2. The van der Waals surface area contributed by atoms with Crippen LogP contribution >= 0.6 is 0 Å². The highest BCUT2D eigenvalue weighted by Gasteiger charge is 2.37. The van der Waals surface area contributed by atoms with E-state index >= 15 is 0 Å². The summed E-state index contributed by atoms with van der Waals surface area (Å²) in [7, 11) is -0.667. The number of carbonyl (C=O) groups excluding carboxylic acids is 2. The van der Waals surface area contributed by atoms with Gasteiger partial charge in [0.1, 0.15) is 0 Å². The fourth-order valence-corrected chi connectivity index (χ4v) is 3.59. The Bertz CT molecular complexity index is 817. The van der Waals surface area contributed by atoms with E-state index in [2.05, 4.69) is 5.32 Å². The van der Waals surface area contributed by atoms with Crippen LogP contribution in [-0.2, 0) is 24.5 Å². The van der Waals surface area contributed by atoms with Gasteiger partial charge in [0.15, 0.2) is 5.60 Å². The van der Waals surface area contributed by atoms with Gasteiger partial charge in [-0.25, -0.2) is 0 Å². The summed E-state index contributed by atoms with van der Waals surface area (Å²) >= 11 is 0. The lowest BCUT2D eigenvalue weighted by Crippen LogP contribution is -2.41. The SMILES string of the molecule is CC(=O)OC(C)(C)C(=O)Nc1cc2c(cc1C)N(C)S(=O)(=O)N2C. The van der Waals surface area contributed by atoms with Gasteiger partial charge in [-0.2, -0.15) is 8.42 Å². The Morgan fingerprint density at radius 2 is 1.62 bits per heavy atom. The van der Waals surface area contributed by atoms with Gasteiger partial charge in [0, 0.05) is 26.7 Å². The number of hydrogen-bond acceptors (Lipinski definition) is 5. The lowest BCUT2D eigenvalue weighted by atomic mass is 10.1. The monoisotopic (exact) mass is 355 g/mol. The van der Waals surface area contributed by atoms with E-state index in [-0.39, 0.29) is 0 Å². The van der Waals surface area contributed by atoms with Crippen molar-refractivity contribution in [3.05, 3.63) is 17.7 Å². The molecule has 0 radical (unpaired) electrons. The van der Waals surface area contributed by atoms with Crippen LogP contribution in [0.15, 0.2) is 12.1 Å². The predicted octanol–water partition coefficient (Wildman–Crippen LogP) is 1.41. The smallest absolute Gasteiger partial charge is 0.326 e. The Kier molecular flexibility index (Phi) is 4.26. The van der Waals surface area contributed by atoms with Gasteiger partial charge in [-0.05, 0) is 38.5 Å². The summed E-state index contributed by atoms with van der Waals surface area (Å²) < 4.78 is 31.7. The number of hydrogen-bond donors (Lipinski definition) is 1.